The van der Waals surface area contributed by atoms with Gasteiger partial charge in [0.25, 0.3) is 0 Å². The number of hydrogen-bond acceptors (Lipinski definition) is 6. The summed E-state index contributed by atoms with van der Waals surface area (Å²) >= 11 is 0. The summed E-state index contributed by atoms with van der Waals surface area (Å²) < 4.78 is 12.9. The minimum Gasteiger partial charge on any atom is -0.456 e. The molecule has 0 atom stereocenters. The highest BCUT2D eigenvalue weighted by molar-refractivity contribution is 6.25. The highest BCUT2D eigenvalue weighted by atomic mass is 16.4. The second kappa shape index (κ2) is 12.1. The van der Waals surface area contributed by atoms with Crippen LogP contribution in [-0.2, 0) is 0 Å². The first-order valence-electron chi connectivity index (χ1n) is 17.9. The Kier molecular flexibility index (Phi) is 6.75. The molecule has 0 saturated carbocycles. The van der Waals surface area contributed by atoms with Gasteiger partial charge >= 0.3 is 0 Å². The van der Waals surface area contributed by atoms with E-state index in [1.165, 1.54) is 0 Å². The lowest BCUT2D eigenvalue weighted by Gasteiger charge is -2.11. The molecule has 0 spiro atoms. The summed E-state index contributed by atoms with van der Waals surface area (Å²) in [6.45, 7) is 0. The molecule has 0 amide bonds. The number of hydrogen-bond donors (Lipinski definition) is 0. The minimum absolute atomic E-state index is 0.573. The van der Waals surface area contributed by atoms with Crippen LogP contribution in [0.1, 0.15) is 0 Å². The zero-order valence-corrected chi connectivity index (χ0v) is 28.8. The molecule has 0 fully saturated rings. The van der Waals surface area contributed by atoms with Gasteiger partial charge in [-0.1, -0.05) is 121 Å². The summed E-state index contributed by atoms with van der Waals surface area (Å²) in [5, 5.41) is 6.21. The van der Waals surface area contributed by atoms with Crippen molar-refractivity contribution in [2.45, 2.75) is 0 Å². The molecule has 3 aromatic heterocycles. The zero-order chi connectivity index (χ0) is 35.6. The summed E-state index contributed by atoms with van der Waals surface area (Å²) in [4.78, 5) is 20.2. The summed E-state index contributed by atoms with van der Waals surface area (Å²) in [5.74, 6) is 2.36. The number of benzene rings is 8. The topological polar surface area (TPSA) is 77.8 Å². The first kappa shape index (κ1) is 30.2. The highest BCUT2D eigenvalue weighted by Crippen LogP contribution is 2.41. The molecule has 0 aliphatic rings. The minimum atomic E-state index is 0.573. The van der Waals surface area contributed by atoms with Crippen LogP contribution in [0.2, 0.25) is 0 Å². The van der Waals surface area contributed by atoms with Crippen LogP contribution in [0.4, 0.5) is 0 Å². The molecule has 0 unspecified atom stereocenters. The predicted octanol–water partition coefficient (Wildman–Crippen LogP) is 12.6. The van der Waals surface area contributed by atoms with Crippen LogP contribution in [0.5, 0.6) is 0 Å². The molecular formula is C48H28N4O2. The number of aromatic nitrogens is 4. The van der Waals surface area contributed by atoms with Gasteiger partial charge in [-0.2, -0.15) is 0 Å². The Hall–Kier alpha value is -7.44. The van der Waals surface area contributed by atoms with E-state index in [1.54, 1.807) is 0 Å². The van der Waals surface area contributed by atoms with Crippen molar-refractivity contribution >= 4 is 54.6 Å². The van der Waals surface area contributed by atoms with E-state index >= 15 is 0 Å². The Morgan fingerprint density at radius 1 is 0.333 bits per heavy atom. The van der Waals surface area contributed by atoms with Gasteiger partial charge in [-0.15, -0.1) is 0 Å². The van der Waals surface area contributed by atoms with Gasteiger partial charge in [0.2, 0.25) is 5.89 Å². The van der Waals surface area contributed by atoms with E-state index < -0.39 is 0 Å². The maximum Gasteiger partial charge on any atom is 0.227 e. The quantitative estimate of drug-likeness (QED) is 0.179. The normalized spacial score (nSPS) is 11.7. The maximum atomic E-state index is 6.50. The van der Waals surface area contributed by atoms with Crippen LogP contribution in [0, 0.1) is 0 Å². The van der Waals surface area contributed by atoms with Crippen molar-refractivity contribution in [3.8, 4) is 56.7 Å². The van der Waals surface area contributed by atoms with Crippen LogP contribution in [0.15, 0.2) is 179 Å². The standard InChI is InChI=1S/C48H28N4O2/c1-3-10-29(11-4-1)34-16-9-17-35(26-34)45-50-46(36-20-18-30-12-7-8-15-33(30)27-36)52-47(51-45)37-21-19-31-22-24-40-42(38(31)28-37)43-41(53-40)25-23-39-44(43)54-48(49-39)32-13-5-2-6-14-32/h1-28H. The number of nitrogens with zero attached hydrogens (tertiary/aromatic N) is 4. The molecule has 0 saturated heterocycles. The van der Waals surface area contributed by atoms with Crippen LogP contribution >= 0.6 is 0 Å². The van der Waals surface area contributed by atoms with E-state index in [2.05, 4.69) is 115 Å². The van der Waals surface area contributed by atoms with Gasteiger partial charge in [-0.05, 0) is 81.2 Å². The third kappa shape index (κ3) is 5.04. The fraction of sp³-hybridized carbons (Fsp3) is 0. The van der Waals surface area contributed by atoms with Gasteiger partial charge in [0.1, 0.15) is 16.7 Å². The van der Waals surface area contributed by atoms with Crippen molar-refractivity contribution < 1.29 is 8.83 Å². The Labute approximate surface area is 309 Å². The lowest BCUT2D eigenvalue weighted by Crippen LogP contribution is -2.00. The Balaban J connectivity index is 1.13. The maximum absolute atomic E-state index is 6.50. The Morgan fingerprint density at radius 3 is 1.69 bits per heavy atom. The molecule has 11 rings (SSSR count). The molecule has 54 heavy (non-hydrogen) atoms. The molecule has 6 heteroatoms. The van der Waals surface area contributed by atoms with Gasteiger partial charge in [-0.25, -0.2) is 19.9 Å². The molecule has 6 nitrogen and oxygen atoms in total. The smallest absolute Gasteiger partial charge is 0.227 e. The number of fused-ring (bicyclic) bond motifs is 8. The second-order valence-corrected chi connectivity index (χ2v) is 13.5. The van der Waals surface area contributed by atoms with Crippen molar-refractivity contribution in [1.82, 2.24) is 19.9 Å². The third-order valence-corrected chi connectivity index (χ3v) is 10.1. The number of rotatable bonds is 5. The molecule has 11 aromatic rings. The molecule has 252 valence electrons. The first-order chi connectivity index (χ1) is 26.7. The largest absolute Gasteiger partial charge is 0.456 e. The Bertz CT molecular complexity index is 3220. The van der Waals surface area contributed by atoms with Crippen molar-refractivity contribution in [1.29, 1.82) is 0 Å². The monoisotopic (exact) mass is 692 g/mol. The van der Waals surface area contributed by atoms with Crippen molar-refractivity contribution in [3.05, 3.63) is 170 Å². The van der Waals surface area contributed by atoms with E-state index in [-0.39, 0.29) is 0 Å². The fourth-order valence-corrected chi connectivity index (χ4v) is 7.46. The summed E-state index contributed by atoms with van der Waals surface area (Å²) in [7, 11) is 0. The fourth-order valence-electron chi connectivity index (χ4n) is 7.46. The summed E-state index contributed by atoms with van der Waals surface area (Å²) in [5.41, 5.74) is 8.82. The summed E-state index contributed by atoms with van der Waals surface area (Å²) in [6, 6.07) is 57.8. The predicted molar refractivity (Wildman–Crippen MR) is 217 cm³/mol. The number of furan rings is 1. The third-order valence-electron chi connectivity index (χ3n) is 10.1. The van der Waals surface area contributed by atoms with Gasteiger partial charge in [0.15, 0.2) is 23.1 Å². The van der Waals surface area contributed by atoms with E-state index in [4.69, 9.17) is 28.8 Å². The van der Waals surface area contributed by atoms with Crippen molar-refractivity contribution in [3.63, 3.8) is 0 Å². The van der Waals surface area contributed by atoms with Gasteiger partial charge in [0.05, 0.1) is 5.39 Å². The SMILES string of the molecule is c1ccc(-c2cccc(-c3nc(-c4ccc5ccccc5c4)nc(-c4ccc5ccc6oc7ccc8nc(-c9ccccc9)oc8c7c6c5c4)n3)c2)cc1. The van der Waals surface area contributed by atoms with Gasteiger partial charge in [0, 0.05) is 27.6 Å². The molecular weight excluding hydrogens is 665 g/mol. The average Bonchev–Trinajstić information content (AvgIpc) is 3.86. The lowest BCUT2D eigenvalue weighted by molar-refractivity contribution is 0.622. The van der Waals surface area contributed by atoms with E-state index in [1.807, 2.05) is 54.6 Å². The van der Waals surface area contributed by atoms with Crippen LogP contribution in [-0.4, -0.2) is 19.9 Å². The molecule has 0 aliphatic carbocycles. The molecule has 0 bridgehead atoms. The molecule has 0 aliphatic heterocycles. The van der Waals surface area contributed by atoms with E-state index in [0.29, 0.717) is 28.9 Å². The molecule has 0 radical (unpaired) electrons. The average molecular weight is 693 g/mol. The van der Waals surface area contributed by atoms with Crippen LogP contribution in [0.3, 0.4) is 0 Å². The van der Waals surface area contributed by atoms with Gasteiger partial charge in [-0.3, -0.25) is 0 Å². The summed E-state index contributed by atoms with van der Waals surface area (Å²) in [6.07, 6.45) is 0. The zero-order valence-electron chi connectivity index (χ0n) is 28.8. The van der Waals surface area contributed by atoms with Gasteiger partial charge < -0.3 is 8.83 Å². The van der Waals surface area contributed by atoms with E-state index in [9.17, 15) is 0 Å². The van der Waals surface area contributed by atoms with Crippen LogP contribution < -0.4 is 0 Å². The first-order valence-corrected chi connectivity index (χ1v) is 17.9. The van der Waals surface area contributed by atoms with Crippen LogP contribution in [0.25, 0.3) is 111 Å². The highest BCUT2D eigenvalue weighted by Gasteiger charge is 2.20. The lowest BCUT2D eigenvalue weighted by atomic mass is 10.0. The second-order valence-electron chi connectivity index (χ2n) is 13.5. The Morgan fingerprint density at radius 2 is 0.907 bits per heavy atom. The molecule has 3 heterocycles. The van der Waals surface area contributed by atoms with Crippen molar-refractivity contribution in [2.24, 2.45) is 0 Å². The number of oxazole rings is 1. The molecule has 8 aromatic carbocycles. The molecule has 0 N–H and O–H groups in total. The van der Waals surface area contributed by atoms with E-state index in [0.717, 1.165) is 82.4 Å². The van der Waals surface area contributed by atoms with Crippen molar-refractivity contribution in [2.75, 3.05) is 0 Å².